The third-order valence-corrected chi connectivity index (χ3v) is 3.70. The molecule has 0 radical (unpaired) electrons. The number of hydrogen-bond acceptors (Lipinski definition) is 2. The van der Waals surface area contributed by atoms with Crippen LogP contribution < -0.4 is 10.5 Å². The van der Waals surface area contributed by atoms with E-state index in [0.29, 0.717) is 17.4 Å². The normalized spacial score (nSPS) is 10.9. The Kier molecular flexibility index (Phi) is 4.24. The van der Waals surface area contributed by atoms with E-state index in [1.165, 1.54) is 0 Å². The maximum absolute atomic E-state index is 6.28. The predicted molar refractivity (Wildman–Crippen MR) is 85.9 cm³/mol. The van der Waals surface area contributed by atoms with E-state index in [2.05, 4.69) is 13.8 Å². The predicted octanol–water partition coefficient (Wildman–Crippen LogP) is 5.45. The van der Waals surface area contributed by atoms with Crippen molar-refractivity contribution in [1.29, 1.82) is 0 Å². The molecule has 0 atom stereocenters. The summed E-state index contributed by atoms with van der Waals surface area (Å²) in [6.45, 7) is 8.20. The van der Waals surface area contributed by atoms with Crippen LogP contribution in [0.5, 0.6) is 11.5 Å². The SMILES string of the molecule is Cc1cc(Cl)c(C(C)C)cc1Oc1c(C)cccc1N. The number of nitrogens with two attached hydrogens (primary N) is 1. The zero-order valence-electron chi connectivity index (χ0n) is 12.3. The van der Waals surface area contributed by atoms with Crippen molar-refractivity contribution in [3.05, 3.63) is 52.0 Å². The average molecular weight is 290 g/mol. The molecule has 0 aliphatic rings. The first-order chi connectivity index (χ1) is 9.40. The number of ether oxygens (including phenoxy) is 1. The molecule has 0 unspecified atom stereocenters. The summed E-state index contributed by atoms with van der Waals surface area (Å²) < 4.78 is 6.03. The van der Waals surface area contributed by atoms with Crippen LogP contribution in [0.2, 0.25) is 5.02 Å². The summed E-state index contributed by atoms with van der Waals surface area (Å²) in [6, 6.07) is 9.71. The molecular formula is C17H20ClNO. The number of halogens is 1. The summed E-state index contributed by atoms with van der Waals surface area (Å²) in [5.41, 5.74) is 9.74. The molecule has 2 aromatic carbocycles. The fraction of sp³-hybridized carbons (Fsp3) is 0.294. The molecule has 3 heteroatoms. The summed E-state index contributed by atoms with van der Waals surface area (Å²) >= 11 is 6.28. The summed E-state index contributed by atoms with van der Waals surface area (Å²) in [6.07, 6.45) is 0. The standard InChI is InChI=1S/C17H20ClNO/c1-10(2)13-9-16(12(4)8-14(13)18)20-17-11(3)6-5-7-15(17)19/h5-10H,19H2,1-4H3. The Balaban J connectivity index is 2.46. The molecule has 2 nitrogen and oxygen atoms in total. The minimum absolute atomic E-state index is 0.347. The molecule has 0 saturated carbocycles. The zero-order chi connectivity index (χ0) is 14.9. The second kappa shape index (κ2) is 5.76. The Morgan fingerprint density at radius 2 is 1.80 bits per heavy atom. The lowest BCUT2D eigenvalue weighted by Gasteiger charge is -2.16. The van der Waals surface area contributed by atoms with Crippen LogP contribution in [-0.2, 0) is 0 Å². The quantitative estimate of drug-likeness (QED) is 0.762. The third kappa shape index (κ3) is 2.91. The first-order valence-corrected chi connectivity index (χ1v) is 7.11. The Morgan fingerprint density at radius 3 is 2.40 bits per heavy atom. The third-order valence-electron chi connectivity index (χ3n) is 3.37. The van der Waals surface area contributed by atoms with Gasteiger partial charge in [0.05, 0.1) is 5.69 Å². The van der Waals surface area contributed by atoms with Crippen LogP contribution in [0, 0.1) is 13.8 Å². The molecule has 0 bridgehead atoms. The molecule has 106 valence electrons. The lowest BCUT2D eigenvalue weighted by atomic mass is 10.0. The van der Waals surface area contributed by atoms with Crippen molar-refractivity contribution < 1.29 is 4.74 Å². The first-order valence-electron chi connectivity index (χ1n) is 6.73. The fourth-order valence-electron chi connectivity index (χ4n) is 2.15. The second-order valence-corrected chi connectivity index (χ2v) is 5.80. The van der Waals surface area contributed by atoms with Crippen molar-refractivity contribution in [3.8, 4) is 11.5 Å². The molecule has 0 amide bonds. The number of nitrogen functional groups attached to an aromatic ring is 1. The van der Waals surface area contributed by atoms with Crippen molar-refractivity contribution >= 4 is 17.3 Å². The number of aryl methyl sites for hydroxylation is 2. The largest absolute Gasteiger partial charge is 0.455 e. The number of para-hydroxylation sites is 1. The topological polar surface area (TPSA) is 35.2 Å². The van der Waals surface area contributed by atoms with Gasteiger partial charge in [0.15, 0.2) is 5.75 Å². The van der Waals surface area contributed by atoms with E-state index in [9.17, 15) is 0 Å². The van der Waals surface area contributed by atoms with Gasteiger partial charge in [-0.25, -0.2) is 0 Å². The summed E-state index contributed by atoms with van der Waals surface area (Å²) in [7, 11) is 0. The molecule has 0 heterocycles. The molecule has 20 heavy (non-hydrogen) atoms. The monoisotopic (exact) mass is 289 g/mol. The van der Waals surface area contributed by atoms with Crippen LogP contribution in [-0.4, -0.2) is 0 Å². The maximum atomic E-state index is 6.28. The molecule has 0 aliphatic carbocycles. The first kappa shape index (κ1) is 14.7. The van der Waals surface area contributed by atoms with E-state index in [-0.39, 0.29) is 0 Å². The van der Waals surface area contributed by atoms with Gasteiger partial charge in [0.25, 0.3) is 0 Å². The van der Waals surface area contributed by atoms with Crippen molar-refractivity contribution in [2.45, 2.75) is 33.6 Å². The van der Waals surface area contributed by atoms with Crippen LogP contribution in [0.4, 0.5) is 5.69 Å². The van der Waals surface area contributed by atoms with Crippen LogP contribution in [0.3, 0.4) is 0 Å². The van der Waals surface area contributed by atoms with Crippen LogP contribution in [0.15, 0.2) is 30.3 Å². The summed E-state index contributed by atoms with van der Waals surface area (Å²) in [4.78, 5) is 0. The van der Waals surface area contributed by atoms with Gasteiger partial charge in [0.1, 0.15) is 5.75 Å². The Hall–Kier alpha value is -1.67. The number of benzene rings is 2. The second-order valence-electron chi connectivity index (χ2n) is 5.39. The van der Waals surface area contributed by atoms with Gasteiger partial charge in [-0.2, -0.15) is 0 Å². The van der Waals surface area contributed by atoms with Gasteiger partial charge in [0, 0.05) is 5.02 Å². The average Bonchev–Trinajstić information content (AvgIpc) is 2.35. The maximum Gasteiger partial charge on any atom is 0.153 e. The highest BCUT2D eigenvalue weighted by Gasteiger charge is 2.12. The van der Waals surface area contributed by atoms with Crippen LogP contribution >= 0.6 is 11.6 Å². The fourth-order valence-corrected chi connectivity index (χ4v) is 2.58. The molecule has 0 aliphatic heterocycles. The van der Waals surface area contributed by atoms with Gasteiger partial charge >= 0.3 is 0 Å². The van der Waals surface area contributed by atoms with Crippen LogP contribution in [0.25, 0.3) is 0 Å². The van der Waals surface area contributed by atoms with Crippen molar-refractivity contribution in [2.24, 2.45) is 0 Å². The molecule has 2 aromatic rings. The number of anilines is 1. The lowest BCUT2D eigenvalue weighted by Crippen LogP contribution is -1.98. The Bertz CT molecular complexity index is 615. The molecule has 2 rings (SSSR count). The van der Waals surface area contributed by atoms with Crippen LogP contribution in [0.1, 0.15) is 36.5 Å². The van der Waals surface area contributed by atoms with Gasteiger partial charge < -0.3 is 10.5 Å². The molecule has 2 N–H and O–H groups in total. The van der Waals surface area contributed by atoms with E-state index >= 15 is 0 Å². The molecule has 0 saturated heterocycles. The van der Waals surface area contributed by atoms with Gasteiger partial charge in [-0.3, -0.25) is 0 Å². The van der Waals surface area contributed by atoms with Crippen molar-refractivity contribution in [2.75, 3.05) is 5.73 Å². The minimum atomic E-state index is 0.347. The molecular weight excluding hydrogens is 270 g/mol. The highest BCUT2D eigenvalue weighted by atomic mass is 35.5. The lowest BCUT2D eigenvalue weighted by molar-refractivity contribution is 0.476. The van der Waals surface area contributed by atoms with Gasteiger partial charge in [-0.15, -0.1) is 0 Å². The molecule has 0 spiro atoms. The van der Waals surface area contributed by atoms with Crippen molar-refractivity contribution in [3.63, 3.8) is 0 Å². The smallest absolute Gasteiger partial charge is 0.153 e. The highest BCUT2D eigenvalue weighted by molar-refractivity contribution is 6.31. The van der Waals surface area contributed by atoms with E-state index in [4.69, 9.17) is 22.1 Å². The van der Waals surface area contributed by atoms with Gasteiger partial charge in [0.2, 0.25) is 0 Å². The highest BCUT2D eigenvalue weighted by Crippen LogP contribution is 2.36. The van der Waals surface area contributed by atoms with Gasteiger partial charge in [-0.05, 0) is 54.7 Å². The van der Waals surface area contributed by atoms with Gasteiger partial charge in [-0.1, -0.05) is 37.6 Å². The summed E-state index contributed by atoms with van der Waals surface area (Å²) in [5.74, 6) is 1.87. The van der Waals surface area contributed by atoms with E-state index in [0.717, 1.165) is 27.5 Å². The Morgan fingerprint density at radius 1 is 1.10 bits per heavy atom. The Labute approximate surface area is 125 Å². The number of hydrogen-bond donors (Lipinski definition) is 1. The van der Waals surface area contributed by atoms with Crippen molar-refractivity contribution in [1.82, 2.24) is 0 Å². The van der Waals surface area contributed by atoms with E-state index in [1.54, 1.807) is 0 Å². The zero-order valence-corrected chi connectivity index (χ0v) is 13.1. The minimum Gasteiger partial charge on any atom is -0.455 e. The number of rotatable bonds is 3. The van der Waals surface area contributed by atoms with E-state index < -0.39 is 0 Å². The molecule has 0 aromatic heterocycles. The molecule has 0 fully saturated rings. The summed E-state index contributed by atoms with van der Waals surface area (Å²) in [5, 5.41) is 0.780. The van der Waals surface area contributed by atoms with E-state index in [1.807, 2.05) is 44.2 Å².